The number of nitrogens with one attached hydrogen (secondary N) is 1. The molecule has 0 spiro atoms. The van der Waals surface area contributed by atoms with Gasteiger partial charge in [-0.3, -0.25) is 14.5 Å². The van der Waals surface area contributed by atoms with Crippen molar-refractivity contribution in [1.29, 1.82) is 0 Å². The number of carbonyl (C=O) groups is 1. The SMILES string of the molecule is CCN1CCCC1CNC(=O)CSc1cc(=O)n(C)c2ccc(Cl)cc12. The summed E-state index contributed by atoms with van der Waals surface area (Å²) in [4.78, 5) is 27.6. The number of likely N-dealkylation sites (tertiary alicyclic amines) is 1. The third kappa shape index (κ3) is 4.24. The molecule has 1 saturated heterocycles. The van der Waals surface area contributed by atoms with E-state index < -0.39 is 0 Å². The van der Waals surface area contributed by atoms with Crippen molar-refractivity contribution < 1.29 is 4.79 Å². The van der Waals surface area contributed by atoms with E-state index in [9.17, 15) is 9.59 Å². The molecule has 1 unspecified atom stereocenters. The van der Waals surface area contributed by atoms with Crippen LogP contribution in [0, 0.1) is 0 Å². The molecule has 1 aromatic carbocycles. The molecule has 1 aliphatic rings. The first kappa shape index (κ1) is 19.3. The minimum atomic E-state index is -0.0905. The van der Waals surface area contributed by atoms with Crippen LogP contribution in [0.3, 0.4) is 0 Å². The summed E-state index contributed by atoms with van der Waals surface area (Å²) in [7, 11) is 1.74. The van der Waals surface area contributed by atoms with E-state index >= 15 is 0 Å². The third-order valence-corrected chi connectivity index (χ3v) is 6.26. The van der Waals surface area contributed by atoms with Gasteiger partial charge in [-0.25, -0.2) is 0 Å². The lowest BCUT2D eigenvalue weighted by atomic mass is 10.2. The number of aromatic nitrogens is 1. The quantitative estimate of drug-likeness (QED) is 0.767. The average Bonchev–Trinajstić information content (AvgIpc) is 3.09. The molecule has 26 heavy (non-hydrogen) atoms. The standard InChI is InChI=1S/C19H24ClN3O2S/c1-3-23-8-4-5-14(23)11-21-18(24)12-26-17-10-19(25)22(2)16-7-6-13(20)9-15(16)17/h6-7,9-10,14H,3-5,8,11-12H2,1-2H3,(H,21,24). The predicted molar refractivity (Wildman–Crippen MR) is 108 cm³/mol. The molecule has 0 aliphatic carbocycles. The Kier molecular flexibility index (Phi) is 6.27. The van der Waals surface area contributed by atoms with Crippen molar-refractivity contribution in [1.82, 2.24) is 14.8 Å². The van der Waals surface area contributed by atoms with E-state index in [-0.39, 0.29) is 17.2 Å². The zero-order valence-electron chi connectivity index (χ0n) is 15.1. The van der Waals surface area contributed by atoms with Crippen molar-refractivity contribution in [3.63, 3.8) is 0 Å². The predicted octanol–water partition coefficient (Wildman–Crippen LogP) is 2.88. The van der Waals surface area contributed by atoms with Crippen molar-refractivity contribution in [2.75, 3.05) is 25.4 Å². The average molecular weight is 394 g/mol. The summed E-state index contributed by atoms with van der Waals surface area (Å²) in [5.74, 6) is 0.280. The molecule has 1 aliphatic heterocycles. The molecular weight excluding hydrogens is 370 g/mol. The number of fused-ring (bicyclic) bond motifs is 1. The monoisotopic (exact) mass is 393 g/mol. The normalized spacial score (nSPS) is 17.7. The van der Waals surface area contributed by atoms with Gasteiger partial charge in [0.25, 0.3) is 5.56 Å². The highest BCUT2D eigenvalue weighted by molar-refractivity contribution is 8.00. The molecule has 7 heteroatoms. The molecule has 140 valence electrons. The van der Waals surface area contributed by atoms with Crippen molar-refractivity contribution in [3.8, 4) is 0 Å². The van der Waals surface area contributed by atoms with E-state index in [0.717, 1.165) is 35.3 Å². The van der Waals surface area contributed by atoms with E-state index in [2.05, 4.69) is 17.1 Å². The molecule has 1 atom stereocenters. The molecule has 1 N–H and O–H groups in total. The summed E-state index contributed by atoms with van der Waals surface area (Å²) >= 11 is 7.50. The molecular formula is C19H24ClN3O2S. The molecule has 5 nitrogen and oxygen atoms in total. The smallest absolute Gasteiger partial charge is 0.251 e. The number of benzene rings is 1. The molecule has 1 amide bonds. The maximum absolute atomic E-state index is 12.3. The van der Waals surface area contributed by atoms with E-state index in [4.69, 9.17) is 11.6 Å². The van der Waals surface area contributed by atoms with Gasteiger partial charge in [-0.1, -0.05) is 18.5 Å². The number of aryl methyl sites for hydroxylation is 1. The number of nitrogens with zero attached hydrogens (tertiary/aromatic N) is 2. The van der Waals surface area contributed by atoms with Crippen LogP contribution in [-0.2, 0) is 11.8 Å². The summed E-state index contributed by atoms with van der Waals surface area (Å²) in [6.07, 6.45) is 2.34. The van der Waals surface area contributed by atoms with Gasteiger partial charge in [-0.2, -0.15) is 0 Å². The maximum Gasteiger partial charge on any atom is 0.251 e. The Morgan fingerprint density at radius 2 is 2.19 bits per heavy atom. The Bertz CT molecular complexity index is 868. The van der Waals surface area contributed by atoms with Crippen LogP contribution in [0.5, 0.6) is 0 Å². The van der Waals surface area contributed by atoms with Crippen molar-refractivity contribution >= 4 is 40.2 Å². The Morgan fingerprint density at radius 3 is 2.96 bits per heavy atom. The largest absolute Gasteiger partial charge is 0.354 e. The number of pyridine rings is 1. The topological polar surface area (TPSA) is 54.3 Å². The maximum atomic E-state index is 12.3. The van der Waals surface area contributed by atoms with Crippen molar-refractivity contribution in [3.05, 3.63) is 39.6 Å². The second-order valence-electron chi connectivity index (χ2n) is 6.58. The highest BCUT2D eigenvalue weighted by Gasteiger charge is 2.23. The van der Waals surface area contributed by atoms with Gasteiger partial charge in [0.15, 0.2) is 0 Å². The highest BCUT2D eigenvalue weighted by Crippen LogP contribution is 2.28. The number of hydrogen-bond donors (Lipinski definition) is 1. The number of hydrogen-bond acceptors (Lipinski definition) is 4. The fraction of sp³-hybridized carbons (Fsp3) is 0.474. The lowest BCUT2D eigenvalue weighted by Gasteiger charge is -2.22. The second-order valence-corrected chi connectivity index (χ2v) is 8.04. The summed E-state index contributed by atoms with van der Waals surface area (Å²) in [5.41, 5.74) is 0.724. The van der Waals surface area contributed by atoms with Crippen LogP contribution >= 0.6 is 23.4 Å². The molecule has 0 radical (unpaired) electrons. The number of amides is 1. The van der Waals surface area contributed by atoms with Crippen LogP contribution in [-0.4, -0.2) is 46.8 Å². The van der Waals surface area contributed by atoms with Gasteiger partial charge in [0.05, 0.1) is 11.3 Å². The van der Waals surface area contributed by atoms with Crippen LogP contribution in [0.1, 0.15) is 19.8 Å². The van der Waals surface area contributed by atoms with Crippen LogP contribution in [0.15, 0.2) is 34.0 Å². The fourth-order valence-electron chi connectivity index (χ4n) is 3.49. The van der Waals surface area contributed by atoms with Gasteiger partial charge >= 0.3 is 0 Å². The Balaban J connectivity index is 1.66. The molecule has 2 heterocycles. The minimum Gasteiger partial charge on any atom is -0.354 e. The zero-order valence-corrected chi connectivity index (χ0v) is 16.7. The van der Waals surface area contributed by atoms with E-state index in [1.54, 1.807) is 23.7 Å². The molecule has 1 aromatic heterocycles. The van der Waals surface area contributed by atoms with Gasteiger partial charge in [0.1, 0.15) is 0 Å². The molecule has 3 rings (SSSR count). The van der Waals surface area contributed by atoms with Crippen molar-refractivity contribution in [2.24, 2.45) is 7.05 Å². The van der Waals surface area contributed by atoms with Gasteiger partial charge in [0, 0.05) is 41.0 Å². The van der Waals surface area contributed by atoms with Gasteiger partial charge in [-0.15, -0.1) is 11.8 Å². The Morgan fingerprint density at radius 1 is 1.38 bits per heavy atom. The first-order chi connectivity index (χ1) is 12.5. The molecule has 0 bridgehead atoms. The first-order valence-corrected chi connectivity index (χ1v) is 10.3. The van der Waals surface area contributed by atoms with Crippen LogP contribution in [0.25, 0.3) is 10.9 Å². The lowest BCUT2D eigenvalue weighted by molar-refractivity contribution is -0.118. The van der Waals surface area contributed by atoms with Gasteiger partial charge < -0.3 is 9.88 Å². The lowest BCUT2D eigenvalue weighted by Crippen LogP contribution is -2.40. The Hall–Kier alpha value is -1.50. The first-order valence-electron chi connectivity index (χ1n) is 8.92. The molecule has 2 aromatic rings. The summed E-state index contributed by atoms with van der Waals surface area (Å²) in [5, 5.41) is 4.54. The Labute approximate surface area is 162 Å². The summed E-state index contributed by atoms with van der Waals surface area (Å²) in [6.45, 7) is 4.99. The number of carbonyl (C=O) groups excluding carboxylic acids is 1. The number of halogens is 1. The molecule has 0 saturated carbocycles. The summed E-state index contributed by atoms with van der Waals surface area (Å²) in [6, 6.07) is 7.46. The van der Waals surface area contributed by atoms with Crippen LogP contribution in [0.4, 0.5) is 0 Å². The van der Waals surface area contributed by atoms with Crippen molar-refractivity contribution in [2.45, 2.75) is 30.7 Å². The van der Waals surface area contributed by atoms with Gasteiger partial charge in [-0.05, 0) is 44.1 Å². The van der Waals surface area contributed by atoms with E-state index in [1.165, 1.54) is 18.2 Å². The highest BCUT2D eigenvalue weighted by atomic mass is 35.5. The van der Waals surface area contributed by atoms with E-state index in [0.29, 0.717) is 17.6 Å². The number of rotatable bonds is 6. The van der Waals surface area contributed by atoms with E-state index in [1.807, 2.05) is 12.1 Å². The van der Waals surface area contributed by atoms with Gasteiger partial charge in [0.2, 0.25) is 5.91 Å². The zero-order chi connectivity index (χ0) is 18.7. The summed E-state index contributed by atoms with van der Waals surface area (Å²) < 4.78 is 1.59. The third-order valence-electron chi connectivity index (χ3n) is 4.97. The number of thioether (sulfide) groups is 1. The molecule has 1 fully saturated rings. The van der Waals surface area contributed by atoms with Crippen LogP contribution < -0.4 is 10.9 Å². The minimum absolute atomic E-state index is 0.00573. The number of likely N-dealkylation sites (N-methyl/N-ethyl adjacent to an activating group) is 1. The second kappa shape index (κ2) is 8.46. The van der Waals surface area contributed by atoms with Crippen LogP contribution in [0.2, 0.25) is 5.02 Å². The fourth-order valence-corrected chi connectivity index (χ4v) is 4.56.